The third-order valence-electron chi connectivity index (χ3n) is 3.71. The monoisotopic (exact) mass is 352 g/mol. The first kappa shape index (κ1) is 17.2. The summed E-state index contributed by atoms with van der Waals surface area (Å²) in [6, 6.07) is 14.1. The molecule has 0 spiro atoms. The van der Waals surface area contributed by atoms with Crippen LogP contribution in [0.15, 0.2) is 60.9 Å². The van der Waals surface area contributed by atoms with Crippen LogP contribution in [0.3, 0.4) is 0 Å². The second-order valence-electron chi connectivity index (χ2n) is 5.37. The molecule has 0 saturated heterocycles. The van der Waals surface area contributed by atoms with Crippen LogP contribution in [-0.4, -0.2) is 34.5 Å². The lowest BCUT2D eigenvalue weighted by molar-refractivity contribution is 0.355. The van der Waals surface area contributed by atoms with Gasteiger partial charge in [-0.05, 0) is 42.5 Å². The van der Waals surface area contributed by atoms with Gasteiger partial charge in [-0.15, -0.1) is 0 Å². The van der Waals surface area contributed by atoms with Gasteiger partial charge < -0.3 is 25.0 Å². The molecule has 0 atom stereocenters. The molecule has 0 unspecified atom stereocenters. The summed E-state index contributed by atoms with van der Waals surface area (Å²) >= 11 is 0. The number of ether oxygens (including phenoxy) is 2. The zero-order chi connectivity index (χ0) is 18.4. The highest BCUT2D eigenvalue weighted by Crippen LogP contribution is 2.32. The molecule has 4 N–H and O–H groups in total. The van der Waals surface area contributed by atoms with Gasteiger partial charge in [-0.3, -0.25) is 5.10 Å². The molecule has 0 aliphatic rings. The van der Waals surface area contributed by atoms with E-state index in [1.807, 2.05) is 18.2 Å². The van der Waals surface area contributed by atoms with E-state index < -0.39 is 0 Å². The Morgan fingerprint density at radius 3 is 2.50 bits per heavy atom. The number of aromatic amines is 2. The van der Waals surface area contributed by atoms with Crippen LogP contribution in [-0.2, 0) is 0 Å². The number of benzene rings is 2. The topological polar surface area (TPSA) is 95.2 Å². The molecule has 0 aliphatic heterocycles. The Balaban J connectivity index is 2.05. The van der Waals surface area contributed by atoms with E-state index in [0.29, 0.717) is 17.3 Å². The first-order chi connectivity index (χ1) is 12.7. The number of aromatic nitrogens is 3. The van der Waals surface area contributed by atoms with Gasteiger partial charge in [0.05, 0.1) is 14.2 Å². The molecule has 0 radical (unpaired) electrons. The first-order valence-electron chi connectivity index (χ1n) is 7.94. The zero-order valence-corrected chi connectivity index (χ0v) is 14.5. The van der Waals surface area contributed by atoms with Crippen molar-refractivity contribution in [2.75, 3.05) is 19.5 Å². The lowest BCUT2D eigenvalue weighted by atomic mass is 10.1. The van der Waals surface area contributed by atoms with E-state index in [9.17, 15) is 5.11 Å². The van der Waals surface area contributed by atoms with Crippen molar-refractivity contribution in [3.63, 3.8) is 0 Å². The van der Waals surface area contributed by atoms with Gasteiger partial charge in [-0.2, -0.15) is 0 Å². The molecule has 0 fully saturated rings. The van der Waals surface area contributed by atoms with Crippen LogP contribution in [0, 0.1) is 0 Å². The van der Waals surface area contributed by atoms with Gasteiger partial charge >= 0.3 is 0 Å². The van der Waals surface area contributed by atoms with Crippen molar-refractivity contribution in [1.29, 1.82) is 0 Å². The predicted molar refractivity (Wildman–Crippen MR) is 100 cm³/mol. The van der Waals surface area contributed by atoms with Gasteiger partial charge in [-0.1, -0.05) is 0 Å². The van der Waals surface area contributed by atoms with Gasteiger partial charge in [0.1, 0.15) is 11.4 Å². The summed E-state index contributed by atoms with van der Waals surface area (Å²) in [5, 5.41) is 18.9. The molecule has 0 aliphatic carbocycles. The number of anilines is 2. The number of nitrogens with zero attached hydrogens (tertiary/aromatic N) is 1. The van der Waals surface area contributed by atoms with E-state index >= 15 is 0 Å². The number of aromatic hydroxyl groups is 1. The number of phenols is 1. The molecule has 26 heavy (non-hydrogen) atoms. The van der Waals surface area contributed by atoms with Crippen molar-refractivity contribution < 1.29 is 14.6 Å². The Hall–Kier alpha value is -3.61. The van der Waals surface area contributed by atoms with Crippen molar-refractivity contribution in [3.05, 3.63) is 60.9 Å². The van der Waals surface area contributed by atoms with E-state index in [2.05, 4.69) is 20.5 Å². The minimum absolute atomic E-state index is 0.200. The van der Waals surface area contributed by atoms with Gasteiger partial charge in [0.25, 0.3) is 0 Å². The van der Waals surface area contributed by atoms with Crippen LogP contribution in [0.2, 0.25) is 0 Å². The maximum absolute atomic E-state index is 9.53. The Morgan fingerprint density at radius 1 is 1.00 bits per heavy atom. The third kappa shape index (κ3) is 3.89. The number of nitrogens with one attached hydrogen (secondary N) is 3. The van der Waals surface area contributed by atoms with E-state index in [0.717, 1.165) is 16.9 Å². The Morgan fingerprint density at radius 2 is 1.77 bits per heavy atom. The van der Waals surface area contributed by atoms with Gasteiger partial charge in [-0.25, -0.2) is 4.98 Å². The molecule has 3 rings (SSSR count). The summed E-state index contributed by atoms with van der Waals surface area (Å²) in [4.78, 5) is 4.48. The Labute approximate surface area is 150 Å². The molecule has 0 bridgehead atoms. The maximum Gasteiger partial charge on any atom is 0.162 e. The van der Waals surface area contributed by atoms with Crippen molar-refractivity contribution in [1.82, 2.24) is 15.2 Å². The number of hydrogen-bond acceptors (Lipinski definition) is 5. The number of phenolic OH excluding ortho intramolecular Hbond substituents is 1. The van der Waals surface area contributed by atoms with Crippen LogP contribution < -0.4 is 14.8 Å². The van der Waals surface area contributed by atoms with Crippen molar-refractivity contribution >= 4 is 11.5 Å². The summed E-state index contributed by atoms with van der Waals surface area (Å²) in [6.07, 6.45) is 3.41. The number of rotatable bonds is 5. The molecule has 3 aromatic rings. The van der Waals surface area contributed by atoms with Crippen LogP contribution in [0.5, 0.6) is 17.2 Å². The molecular formula is C19H20N4O3. The molecule has 2 aromatic carbocycles. The molecule has 0 saturated carbocycles. The maximum atomic E-state index is 9.53. The standard InChI is InChI=1S/C19H20N4O3/c1-25-16-9-6-14(12-17(16)26-2)22-19-18(23-21-11-3-10-20-19)13-4-7-15(24)8-5-13/h3-12,21-24H,1-2H3. The van der Waals surface area contributed by atoms with E-state index in [-0.39, 0.29) is 5.75 Å². The highest BCUT2D eigenvalue weighted by molar-refractivity contribution is 5.75. The minimum atomic E-state index is 0.200. The molecule has 134 valence electrons. The molecule has 1 heterocycles. The quantitative estimate of drug-likeness (QED) is 0.557. The minimum Gasteiger partial charge on any atom is -0.508 e. The van der Waals surface area contributed by atoms with Crippen LogP contribution in [0.1, 0.15) is 0 Å². The van der Waals surface area contributed by atoms with E-state index in [1.165, 1.54) is 0 Å². The fourth-order valence-corrected chi connectivity index (χ4v) is 2.43. The highest BCUT2D eigenvalue weighted by Gasteiger charge is 2.09. The summed E-state index contributed by atoms with van der Waals surface area (Å²) in [5.74, 6) is 2.06. The molecular weight excluding hydrogens is 332 g/mol. The lowest BCUT2D eigenvalue weighted by Gasteiger charge is -2.13. The van der Waals surface area contributed by atoms with Crippen molar-refractivity contribution in [2.24, 2.45) is 0 Å². The SMILES string of the molecule is COc1ccc(Nc2nccc[nH][nH]c2-c2ccc(O)cc2)cc1OC. The van der Waals surface area contributed by atoms with Crippen LogP contribution in [0.25, 0.3) is 11.3 Å². The smallest absolute Gasteiger partial charge is 0.162 e. The Bertz CT molecular complexity index is 915. The van der Waals surface area contributed by atoms with Crippen LogP contribution >= 0.6 is 0 Å². The molecule has 7 nitrogen and oxygen atoms in total. The summed E-state index contributed by atoms with van der Waals surface area (Å²) in [6.45, 7) is 0. The second kappa shape index (κ2) is 7.98. The average Bonchev–Trinajstić information content (AvgIpc) is 2.65. The van der Waals surface area contributed by atoms with Gasteiger partial charge in [0.15, 0.2) is 17.3 Å². The number of hydrogen-bond donors (Lipinski definition) is 4. The molecule has 7 heteroatoms. The van der Waals surface area contributed by atoms with E-state index in [4.69, 9.17) is 9.47 Å². The summed E-state index contributed by atoms with van der Waals surface area (Å²) < 4.78 is 10.6. The van der Waals surface area contributed by atoms with Crippen molar-refractivity contribution in [3.8, 4) is 28.5 Å². The molecule has 0 amide bonds. The van der Waals surface area contributed by atoms with Gasteiger partial charge in [0, 0.05) is 29.7 Å². The van der Waals surface area contributed by atoms with Crippen LogP contribution in [0.4, 0.5) is 11.5 Å². The zero-order valence-electron chi connectivity index (χ0n) is 14.5. The summed E-state index contributed by atoms with van der Waals surface area (Å²) in [7, 11) is 3.18. The second-order valence-corrected chi connectivity index (χ2v) is 5.37. The largest absolute Gasteiger partial charge is 0.508 e. The average molecular weight is 352 g/mol. The van der Waals surface area contributed by atoms with Gasteiger partial charge in [0.2, 0.25) is 0 Å². The fraction of sp³-hybridized carbons (Fsp3) is 0.105. The molecule has 1 aromatic heterocycles. The lowest BCUT2D eigenvalue weighted by Crippen LogP contribution is -1.99. The normalized spacial score (nSPS) is 10.1. The van der Waals surface area contributed by atoms with Crippen molar-refractivity contribution in [2.45, 2.75) is 0 Å². The number of methoxy groups -OCH3 is 2. The first-order valence-corrected chi connectivity index (χ1v) is 7.94. The fourth-order valence-electron chi connectivity index (χ4n) is 2.43. The summed E-state index contributed by atoms with van der Waals surface area (Å²) in [5.41, 5.74) is 2.36. The third-order valence-corrected chi connectivity index (χ3v) is 3.71. The van der Waals surface area contributed by atoms with E-state index in [1.54, 1.807) is 56.9 Å². The highest BCUT2D eigenvalue weighted by atomic mass is 16.5. The Kier molecular flexibility index (Phi) is 5.28. The predicted octanol–water partition coefficient (Wildman–Crippen LogP) is 4.00. The number of H-pyrrole nitrogens is 2.